The highest BCUT2D eigenvalue weighted by Crippen LogP contribution is 2.43. The van der Waals surface area contributed by atoms with Crippen LogP contribution in [0.5, 0.6) is 0 Å². The number of carbonyl (C=O) groups is 2. The van der Waals surface area contributed by atoms with Crippen molar-refractivity contribution < 1.29 is 14.0 Å². The first kappa shape index (κ1) is 23.9. The Labute approximate surface area is 225 Å². The lowest BCUT2D eigenvalue weighted by molar-refractivity contribution is -0.123. The summed E-state index contributed by atoms with van der Waals surface area (Å²) in [5.74, 6) is -0.621. The van der Waals surface area contributed by atoms with Gasteiger partial charge in [0.15, 0.2) is 0 Å². The van der Waals surface area contributed by atoms with E-state index >= 15 is 0 Å². The summed E-state index contributed by atoms with van der Waals surface area (Å²) in [4.78, 5) is 33.4. The van der Waals surface area contributed by atoms with E-state index in [1.54, 1.807) is 12.5 Å². The minimum Gasteiger partial charge on any atom is -0.464 e. The second kappa shape index (κ2) is 9.15. The van der Waals surface area contributed by atoms with Crippen LogP contribution in [0.2, 0.25) is 0 Å². The highest BCUT2D eigenvalue weighted by atomic mass is 35.5. The Morgan fingerprint density at radius 1 is 0.921 bits per heavy atom. The summed E-state index contributed by atoms with van der Waals surface area (Å²) in [5, 5.41) is 3.36. The molecule has 0 aliphatic carbocycles. The molecule has 3 aromatic carbocycles. The molecule has 3 aliphatic heterocycles. The number of benzene rings is 3. The van der Waals surface area contributed by atoms with Crippen LogP contribution in [-0.4, -0.2) is 23.6 Å². The molecular weight excluding hydrogens is 498 g/mol. The van der Waals surface area contributed by atoms with Crippen molar-refractivity contribution in [3.63, 3.8) is 0 Å². The summed E-state index contributed by atoms with van der Waals surface area (Å²) < 4.78 is 5.72. The summed E-state index contributed by atoms with van der Waals surface area (Å²) in [5.41, 5.74) is 6.56. The van der Waals surface area contributed by atoms with E-state index in [-0.39, 0.29) is 35.5 Å². The molecule has 1 N–H and O–H groups in total. The van der Waals surface area contributed by atoms with Gasteiger partial charge in [0.2, 0.25) is 0 Å². The lowest BCUT2D eigenvalue weighted by atomic mass is 9.90. The summed E-state index contributed by atoms with van der Waals surface area (Å²) >= 11 is 0. The number of para-hydroxylation sites is 2. The number of hydrogen-bond acceptors (Lipinski definition) is 5. The molecule has 6 nitrogen and oxygen atoms in total. The molecule has 1 aromatic heterocycles. The van der Waals surface area contributed by atoms with Crippen molar-refractivity contribution in [2.24, 2.45) is 4.99 Å². The van der Waals surface area contributed by atoms with Crippen molar-refractivity contribution in [1.29, 1.82) is 0 Å². The standard InChI is InChI=1S/C31H23N3O3.ClH/c1-18(19-7-3-2-4-8-19)24-17-21-10-6-12-23-27(32-14-15-34(24)28(21)23)26-25(30(35)33-31(26)36)22-11-5-9-20-13-16-37-29(20)22;/h2-16,18,24H,17H2,1H3,(H,33,35,36);1H. The van der Waals surface area contributed by atoms with Gasteiger partial charge in [-0.2, -0.15) is 0 Å². The Hall–Kier alpha value is -4.42. The molecule has 0 saturated heterocycles. The minimum atomic E-state index is -0.450. The first-order chi connectivity index (χ1) is 18.1. The van der Waals surface area contributed by atoms with Gasteiger partial charge in [-0.3, -0.25) is 19.9 Å². The van der Waals surface area contributed by atoms with Crippen molar-refractivity contribution in [2.45, 2.75) is 25.3 Å². The van der Waals surface area contributed by atoms with Gasteiger partial charge in [0.1, 0.15) is 5.58 Å². The van der Waals surface area contributed by atoms with Gasteiger partial charge in [-0.15, -0.1) is 12.4 Å². The van der Waals surface area contributed by atoms with E-state index in [1.165, 1.54) is 11.1 Å². The zero-order chi connectivity index (χ0) is 25.1. The molecule has 2 atom stereocenters. The summed E-state index contributed by atoms with van der Waals surface area (Å²) in [6, 6.07) is 24.3. The van der Waals surface area contributed by atoms with Crippen LogP contribution in [0.4, 0.5) is 5.69 Å². The molecule has 188 valence electrons. The summed E-state index contributed by atoms with van der Waals surface area (Å²) in [6.07, 6.45) is 6.20. The maximum atomic E-state index is 13.3. The molecule has 0 saturated carbocycles. The van der Waals surface area contributed by atoms with Crippen LogP contribution >= 0.6 is 12.4 Å². The molecule has 3 aliphatic rings. The van der Waals surface area contributed by atoms with E-state index in [1.807, 2.05) is 48.7 Å². The number of furan rings is 1. The van der Waals surface area contributed by atoms with E-state index in [9.17, 15) is 9.59 Å². The van der Waals surface area contributed by atoms with E-state index in [0.29, 0.717) is 16.9 Å². The van der Waals surface area contributed by atoms with E-state index in [2.05, 4.69) is 47.5 Å². The van der Waals surface area contributed by atoms with E-state index in [4.69, 9.17) is 9.41 Å². The van der Waals surface area contributed by atoms with Crippen LogP contribution < -0.4 is 10.2 Å². The third-order valence-corrected chi connectivity index (χ3v) is 7.67. The van der Waals surface area contributed by atoms with E-state index in [0.717, 1.165) is 23.1 Å². The van der Waals surface area contributed by atoms with Gasteiger partial charge in [0.25, 0.3) is 11.8 Å². The lowest BCUT2D eigenvalue weighted by Crippen LogP contribution is -2.32. The van der Waals surface area contributed by atoms with Crippen LogP contribution in [0.1, 0.15) is 35.1 Å². The van der Waals surface area contributed by atoms with Gasteiger partial charge in [-0.25, -0.2) is 0 Å². The number of hydrogen-bond donors (Lipinski definition) is 1. The predicted molar refractivity (Wildman–Crippen MR) is 150 cm³/mol. The second-order valence-corrected chi connectivity index (χ2v) is 9.65. The topological polar surface area (TPSA) is 74.9 Å². The molecule has 7 heteroatoms. The number of anilines is 1. The number of aliphatic imine (C=N–C) groups is 1. The van der Waals surface area contributed by atoms with Gasteiger partial charge in [-0.05, 0) is 23.6 Å². The van der Waals surface area contributed by atoms with Gasteiger partial charge in [-0.1, -0.05) is 73.7 Å². The third kappa shape index (κ3) is 3.52. The van der Waals surface area contributed by atoms with Gasteiger partial charge < -0.3 is 9.32 Å². The molecule has 0 spiro atoms. The van der Waals surface area contributed by atoms with Crippen LogP contribution in [-0.2, 0) is 16.0 Å². The smallest absolute Gasteiger partial charge is 0.261 e. The zero-order valence-electron chi connectivity index (χ0n) is 20.5. The average molecular weight is 522 g/mol. The summed E-state index contributed by atoms with van der Waals surface area (Å²) in [7, 11) is 0. The Balaban J connectivity index is 0.00000264. The normalized spacial score (nSPS) is 18.7. The maximum Gasteiger partial charge on any atom is 0.261 e. The maximum absolute atomic E-state index is 13.3. The predicted octanol–water partition coefficient (Wildman–Crippen LogP) is 5.77. The van der Waals surface area contributed by atoms with Crippen molar-refractivity contribution in [2.75, 3.05) is 4.90 Å². The molecule has 0 bridgehead atoms. The number of nitrogens with zero attached hydrogens (tertiary/aromatic N) is 2. The Bertz CT molecular complexity index is 1700. The fourth-order valence-corrected chi connectivity index (χ4v) is 5.90. The number of imide groups is 1. The average Bonchev–Trinajstić information content (AvgIpc) is 3.58. The number of nitrogens with one attached hydrogen (secondary N) is 1. The van der Waals surface area contributed by atoms with Crippen LogP contribution in [0.3, 0.4) is 0 Å². The van der Waals surface area contributed by atoms with Gasteiger partial charge in [0, 0.05) is 40.9 Å². The van der Waals surface area contributed by atoms with Crippen LogP contribution in [0.15, 0.2) is 106 Å². The fourth-order valence-electron chi connectivity index (χ4n) is 5.90. The largest absolute Gasteiger partial charge is 0.464 e. The number of fused-ring (bicyclic) bond motifs is 1. The molecule has 2 unspecified atom stereocenters. The zero-order valence-corrected chi connectivity index (χ0v) is 21.4. The van der Waals surface area contributed by atoms with E-state index < -0.39 is 11.8 Å². The first-order valence-electron chi connectivity index (χ1n) is 12.4. The Morgan fingerprint density at radius 3 is 2.53 bits per heavy atom. The third-order valence-electron chi connectivity index (χ3n) is 7.67. The second-order valence-electron chi connectivity index (χ2n) is 9.65. The molecule has 0 fully saturated rings. The number of rotatable bonds is 4. The molecule has 4 heterocycles. The van der Waals surface area contributed by atoms with Crippen molar-refractivity contribution >= 4 is 52.2 Å². The molecule has 7 rings (SSSR count). The number of halogens is 1. The molecular formula is C31H24ClN3O3. The number of amides is 2. The highest BCUT2D eigenvalue weighted by molar-refractivity contribution is 6.48. The number of carbonyl (C=O) groups excluding carboxylic acids is 2. The first-order valence-corrected chi connectivity index (χ1v) is 12.4. The van der Waals surface area contributed by atoms with Crippen LogP contribution in [0.25, 0.3) is 16.5 Å². The molecule has 4 aromatic rings. The quantitative estimate of drug-likeness (QED) is 0.346. The Kier molecular flexibility index (Phi) is 5.77. The minimum absolute atomic E-state index is 0. The van der Waals surface area contributed by atoms with Crippen molar-refractivity contribution in [1.82, 2.24) is 5.32 Å². The lowest BCUT2D eigenvalue weighted by Gasteiger charge is -2.29. The molecule has 38 heavy (non-hydrogen) atoms. The van der Waals surface area contributed by atoms with Gasteiger partial charge in [0.05, 0.1) is 28.8 Å². The van der Waals surface area contributed by atoms with Crippen molar-refractivity contribution in [3.8, 4) is 0 Å². The SMILES string of the molecule is CC(c1ccccc1)C1Cc2cccc3c2N1C=CN=C3C1=C(c2cccc3ccoc23)C(=O)NC1=O.Cl. The fraction of sp³-hybridized carbons (Fsp3) is 0.129. The summed E-state index contributed by atoms with van der Waals surface area (Å²) in [6.45, 7) is 2.25. The van der Waals surface area contributed by atoms with Crippen LogP contribution in [0, 0.1) is 0 Å². The highest BCUT2D eigenvalue weighted by Gasteiger charge is 2.40. The molecule has 2 amide bonds. The van der Waals surface area contributed by atoms with Crippen molar-refractivity contribution in [3.05, 3.63) is 119 Å². The molecule has 0 radical (unpaired) electrons. The Morgan fingerprint density at radius 2 is 1.68 bits per heavy atom. The monoisotopic (exact) mass is 521 g/mol. The van der Waals surface area contributed by atoms with Gasteiger partial charge >= 0.3 is 0 Å².